The Morgan fingerprint density at radius 1 is 1.00 bits per heavy atom. The molecule has 0 saturated heterocycles. The van der Waals surface area contributed by atoms with E-state index in [2.05, 4.69) is 41.6 Å². The average Bonchev–Trinajstić information content (AvgIpc) is 2.63. The van der Waals surface area contributed by atoms with Gasteiger partial charge in [0.15, 0.2) is 0 Å². The van der Waals surface area contributed by atoms with Gasteiger partial charge in [0.1, 0.15) is 5.65 Å². The van der Waals surface area contributed by atoms with E-state index in [-0.39, 0.29) is 0 Å². The van der Waals surface area contributed by atoms with Gasteiger partial charge in [-0.3, -0.25) is 0 Å². The molecule has 0 atom stereocenters. The molecule has 0 N–H and O–H groups in total. The summed E-state index contributed by atoms with van der Waals surface area (Å²) >= 11 is 0. The van der Waals surface area contributed by atoms with E-state index >= 15 is 0 Å². The molecular formula is C14H24N2. The summed E-state index contributed by atoms with van der Waals surface area (Å²) in [6, 6.07) is 4.14. The lowest BCUT2D eigenvalue weighted by Crippen LogP contribution is -1.88. The van der Waals surface area contributed by atoms with Crippen LogP contribution in [0.5, 0.6) is 0 Å². The molecule has 0 spiro atoms. The van der Waals surface area contributed by atoms with Gasteiger partial charge in [0.25, 0.3) is 0 Å². The van der Waals surface area contributed by atoms with Crippen LogP contribution < -0.4 is 0 Å². The van der Waals surface area contributed by atoms with Gasteiger partial charge in [-0.15, -0.1) is 0 Å². The molecule has 2 nitrogen and oxygen atoms in total. The van der Waals surface area contributed by atoms with Gasteiger partial charge in [-0.1, -0.05) is 33.8 Å². The largest absolute Gasteiger partial charge is 0.304 e. The number of nitrogens with zero attached hydrogens (tertiary/aromatic N) is 2. The third kappa shape index (κ3) is 2.84. The molecule has 0 unspecified atom stereocenters. The van der Waals surface area contributed by atoms with Crippen LogP contribution in [0.1, 0.15) is 44.6 Å². The van der Waals surface area contributed by atoms with E-state index < -0.39 is 0 Å². The van der Waals surface area contributed by atoms with Crippen LogP contribution in [0.4, 0.5) is 0 Å². The number of rotatable bonds is 0. The van der Waals surface area contributed by atoms with E-state index in [0.717, 1.165) is 11.3 Å². The molecule has 2 aromatic heterocycles. The molecule has 0 aliphatic heterocycles. The number of imidazole rings is 1. The van der Waals surface area contributed by atoms with Gasteiger partial charge in [0.2, 0.25) is 0 Å². The van der Waals surface area contributed by atoms with Gasteiger partial charge in [-0.25, -0.2) is 4.98 Å². The molecule has 0 bridgehead atoms. The minimum atomic E-state index is 1.08. The maximum absolute atomic E-state index is 4.48. The maximum atomic E-state index is 4.48. The number of hydrogen-bond acceptors (Lipinski definition) is 1. The van der Waals surface area contributed by atoms with Crippen molar-refractivity contribution < 1.29 is 0 Å². The van der Waals surface area contributed by atoms with Gasteiger partial charge in [-0.05, 0) is 32.4 Å². The quantitative estimate of drug-likeness (QED) is 0.646. The predicted octanol–water partition coefficient (Wildman–Crippen LogP) is 4.31. The first-order valence-electron chi connectivity index (χ1n) is 6.11. The fourth-order valence-electron chi connectivity index (χ4n) is 1.44. The average molecular weight is 220 g/mol. The molecule has 0 saturated carbocycles. The second-order valence-corrected chi connectivity index (χ2v) is 3.17. The Balaban J connectivity index is 0.000000509. The van der Waals surface area contributed by atoms with Crippen LogP contribution in [-0.2, 0) is 0 Å². The zero-order valence-corrected chi connectivity index (χ0v) is 11.6. The van der Waals surface area contributed by atoms with Gasteiger partial charge in [-0.2, -0.15) is 0 Å². The minimum Gasteiger partial charge on any atom is -0.304 e. The molecule has 2 aromatic rings. The smallest absolute Gasteiger partial charge is 0.140 e. The SMILES string of the molecule is CC.CC.Cc1nc2c(C)cccn2c1C. The lowest BCUT2D eigenvalue weighted by Gasteiger charge is -1.97. The Hall–Kier alpha value is -1.31. The van der Waals surface area contributed by atoms with E-state index in [1.807, 2.05) is 34.6 Å². The van der Waals surface area contributed by atoms with E-state index in [9.17, 15) is 0 Å². The molecule has 90 valence electrons. The first-order valence-corrected chi connectivity index (χ1v) is 6.11. The van der Waals surface area contributed by atoms with Crippen molar-refractivity contribution in [3.8, 4) is 0 Å². The Labute approximate surface area is 99.3 Å². The highest BCUT2D eigenvalue weighted by molar-refractivity contribution is 5.49. The molecule has 0 fully saturated rings. The summed E-state index contributed by atoms with van der Waals surface area (Å²) in [7, 11) is 0. The molecule has 0 aliphatic rings. The van der Waals surface area contributed by atoms with E-state index in [1.54, 1.807) is 0 Å². The summed E-state index contributed by atoms with van der Waals surface area (Å²) in [5.41, 5.74) is 4.65. The fourth-order valence-corrected chi connectivity index (χ4v) is 1.44. The summed E-state index contributed by atoms with van der Waals surface area (Å²) in [4.78, 5) is 4.48. The predicted molar refractivity (Wildman–Crippen MR) is 72.1 cm³/mol. The zero-order chi connectivity index (χ0) is 12.7. The zero-order valence-electron chi connectivity index (χ0n) is 11.6. The summed E-state index contributed by atoms with van der Waals surface area (Å²) in [5.74, 6) is 0. The van der Waals surface area contributed by atoms with Crippen molar-refractivity contribution in [2.45, 2.75) is 48.5 Å². The van der Waals surface area contributed by atoms with Crippen LogP contribution in [0, 0.1) is 20.8 Å². The van der Waals surface area contributed by atoms with Crippen LogP contribution in [0.3, 0.4) is 0 Å². The number of fused-ring (bicyclic) bond motifs is 1. The Morgan fingerprint density at radius 2 is 1.56 bits per heavy atom. The van der Waals surface area contributed by atoms with E-state index in [0.29, 0.717) is 0 Å². The van der Waals surface area contributed by atoms with Gasteiger partial charge < -0.3 is 4.40 Å². The highest BCUT2D eigenvalue weighted by Crippen LogP contribution is 2.13. The summed E-state index contributed by atoms with van der Waals surface area (Å²) < 4.78 is 2.13. The number of hydrogen-bond donors (Lipinski definition) is 0. The Kier molecular flexibility index (Phi) is 6.47. The van der Waals surface area contributed by atoms with Crippen molar-refractivity contribution in [2.24, 2.45) is 0 Å². The van der Waals surface area contributed by atoms with Crippen LogP contribution in [0.25, 0.3) is 5.65 Å². The number of aryl methyl sites for hydroxylation is 3. The lowest BCUT2D eigenvalue weighted by molar-refractivity contribution is 1.09. The van der Waals surface area contributed by atoms with Crippen molar-refractivity contribution >= 4 is 5.65 Å². The summed E-state index contributed by atoms with van der Waals surface area (Å²) in [6.07, 6.45) is 2.05. The normalized spacial score (nSPS) is 8.94. The van der Waals surface area contributed by atoms with Crippen LogP contribution in [0.15, 0.2) is 18.3 Å². The number of pyridine rings is 1. The lowest BCUT2D eigenvalue weighted by atomic mass is 10.3. The summed E-state index contributed by atoms with van der Waals surface area (Å²) in [6.45, 7) is 14.2. The first kappa shape index (κ1) is 14.7. The standard InChI is InChI=1S/C10H12N2.2C2H6/c1-7-5-4-6-12-9(3)8(2)11-10(7)12;2*1-2/h4-6H,1-3H3;2*1-2H3. The second kappa shape index (κ2) is 7.04. The maximum Gasteiger partial charge on any atom is 0.140 e. The Bertz CT molecular complexity index is 427. The Morgan fingerprint density at radius 3 is 2.06 bits per heavy atom. The molecular weight excluding hydrogens is 196 g/mol. The highest BCUT2D eigenvalue weighted by Gasteiger charge is 2.04. The van der Waals surface area contributed by atoms with E-state index in [1.165, 1.54) is 11.3 Å². The second-order valence-electron chi connectivity index (χ2n) is 3.17. The van der Waals surface area contributed by atoms with Crippen molar-refractivity contribution in [3.05, 3.63) is 35.3 Å². The molecule has 0 radical (unpaired) electrons. The molecule has 2 heteroatoms. The molecule has 0 amide bonds. The molecule has 2 heterocycles. The topological polar surface area (TPSA) is 17.3 Å². The van der Waals surface area contributed by atoms with Crippen LogP contribution in [-0.4, -0.2) is 9.38 Å². The van der Waals surface area contributed by atoms with Gasteiger partial charge in [0, 0.05) is 11.9 Å². The fraction of sp³-hybridized carbons (Fsp3) is 0.500. The molecule has 2 rings (SSSR count). The van der Waals surface area contributed by atoms with Crippen LogP contribution in [0.2, 0.25) is 0 Å². The third-order valence-electron chi connectivity index (χ3n) is 2.32. The first-order chi connectivity index (χ1) is 7.70. The monoisotopic (exact) mass is 220 g/mol. The van der Waals surface area contributed by atoms with Gasteiger partial charge in [0.05, 0.1) is 5.69 Å². The third-order valence-corrected chi connectivity index (χ3v) is 2.32. The van der Waals surface area contributed by atoms with Crippen molar-refractivity contribution in [1.29, 1.82) is 0 Å². The highest BCUT2D eigenvalue weighted by atomic mass is 15.0. The van der Waals surface area contributed by atoms with Crippen molar-refractivity contribution in [1.82, 2.24) is 9.38 Å². The molecule has 16 heavy (non-hydrogen) atoms. The minimum absolute atomic E-state index is 1.08. The van der Waals surface area contributed by atoms with Crippen molar-refractivity contribution in [2.75, 3.05) is 0 Å². The molecule has 0 aliphatic carbocycles. The number of aromatic nitrogens is 2. The van der Waals surface area contributed by atoms with Crippen molar-refractivity contribution in [3.63, 3.8) is 0 Å². The van der Waals surface area contributed by atoms with Gasteiger partial charge >= 0.3 is 0 Å². The van der Waals surface area contributed by atoms with Crippen LogP contribution >= 0.6 is 0 Å². The van der Waals surface area contributed by atoms with E-state index in [4.69, 9.17) is 0 Å². The summed E-state index contributed by atoms with van der Waals surface area (Å²) in [5, 5.41) is 0. The molecule has 0 aromatic carbocycles.